The summed E-state index contributed by atoms with van der Waals surface area (Å²) >= 11 is 1.27. The number of anilines is 1. The molecule has 0 spiro atoms. The van der Waals surface area contributed by atoms with Crippen molar-refractivity contribution >= 4 is 28.8 Å². The van der Waals surface area contributed by atoms with E-state index in [1.807, 2.05) is 23.1 Å². The van der Waals surface area contributed by atoms with Crippen LogP contribution in [0.2, 0.25) is 0 Å². The standard InChI is InChI=1S/C17H18N2O2S/c1-11-5-4-8-19(14-7-3-2-6-13(11)14)17(21)15-9-12(10-22-15)16(18)20/h2-3,6-7,9-11H,4-5,8H2,1H3,(H2,18,20)/t11-/m0/s1. The molecule has 3 rings (SSSR count). The summed E-state index contributed by atoms with van der Waals surface area (Å²) < 4.78 is 0. The fraction of sp³-hybridized carbons (Fsp3) is 0.294. The molecule has 0 saturated heterocycles. The third-order valence-electron chi connectivity index (χ3n) is 4.12. The minimum absolute atomic E-state index is 0.0564. The molecule has 0 aliphatic carbocycles. The highest BCUT2D eigenvalue weighted by molar-refractivity contribution is 7.12. The van der Waals surface area contributed by atoms with Crippen LogP contribution >= 0.6 is 11.3 Å². The number of thiophene rings is 1. The van der Waals surface area contributed by atoms with Gasteiger partial charge >= 0.3 is 0 Å². The van der Waals surface area contributed by atoms with Crippen LogP contribution in [0.5, 0.6) is 0 Å². The van der Waals surface area contributed by atoms with E-state index in [9.17, 15) is 9.59 Å². The third kappa shape index (κ3) is 2.64. The lowest BCUT2D eigenvalue weighted by Gasteiger charge is -2.23. The van der Waals surface area contributed by atoms with Gasteiger partial charge in [-0.2, -0.15) is 0 Å². The normalized spacial score (nSPS) is 17.7. The molecular formula is C17H18N2O2S. The molecule has 2 amide bonds. The number of hydrogen-bond acceptors (Lipinski definition) is 3. The Hall–Kier alpha value is -2.14. The first-order valence-electron chi connectivity index (χ1n) is 7.37. The predicted octanol–water partition coefficient (Wildman–Crippen LogP) is 3.39. The molecular weight excluding hydrogens is 296 g/mol. The molecule has 22 heavy (non-hydrogen) atoms. The molecule has 2 aromatic rings. The van der Waals surface area contributed by atoms with E-state index in [4.69, 9.17) is 5.73 Å². The lowest BCUT2D eigenvalue weighted by atomic mass is 9.96. The van der Waals surface area contributed by atoms with Crippen molar-refractivity contribution in [2.45, 2.75) is 25.7 Å². The first-order chi connectivity index (χ1) is 10.6. The number of benzene rings is 1. The average molecular weight is 314 g/mol. The smallest absolute Gasteiger partial charge is 0.268 e. The van der Waals surface area contributed by atoms with Gasteiger partial charge in [-0.3, -0.25) is 9.59 Å². The van der Waals surface area contributed by atoms with Crippen LogP contribution in [0.25, 0.3) is 0 Å². The van der Waals surface area contributed by atoms with Crippen molar-refractivity contribution in [3.63, 3.8) is 0 Å². The van der Waals surface area contributed by atoms with Crippen LogP contribution < -0.4 is 10.6 Å². The number of hydrogen-bond donors (Lipinski definition) is 1. The Balaban J connectivity index is 1.97. The van der Waals surface area contributed by atoms with Gasteiger partial charge in [0, 0.05) is 17.6 Å². The van der Waals surface area contributed by atoms with Gasteiger partial charge < -0.3 is 10.6 Å². The van der Waals surface area contributed by atoms with Gasteiger partial charge in [0.2, 0.25) is 5.91 Å². The number of amides is 2. The second-order valence-electron chi connectivity index (χ2n) is 5.62. The molecule has 0 saturated carbocycles. The maximum absolute atomic E-state index is 12.8. The number of nitrogens with zero attached hydrogens (tertiary/aromatic N) is 1. The Morgan fingerprint density at radius 3 is 2.82 bits per heavy atom. The first kappa shape index (κ1) is 14.8. The largest absolute Gasteiger partial charge is 0.366 e. The van der Waals surface area contributed by atoms with E-state index in [1.165, 1.54) is 16.9 Å². The number of fused-ring (bicyclic) bond motifs is 1. The maximum Gasteiger partial charge on any atom is 0.268 e. The summed E-state index contributed by atoms with van der Waals surface area (Å²) in [4.78, 5) is 26.4. The van der Waals surface area contributed by atoms with Gasteiger partial charge in [0.05, 0.1) is 10.4 Å². The minimum atomic E-state index is -0.500. The van der Waals surface area contributed by atoms with E-state index >= 15 is 0 Å². The van der Waals surface area contributed by atoms with Crippen molar-refractivity contribution in [1.82, 2.24) is 0 Å². The Labute approximate surface area is 133 Å². The molecule has 4 nitrogen and oxygen atoms in total. The van der Waals surface area contributed by atoms with Gasteiger partial charge in [-0.1, -0.05) is 25.1 Å². The highest BCUT2D eigenvalue weighted by Crippen LogP contribution is 2.35. The molecule has 5 heteroatoms. The summed E-state index contributed by atoms with van der Waals surface area (Å²) in [7, 11) is 0. The van der Waals surface area contributed by atoms with Crippen LogP contribution in [0.15, 0.2) is 35.7 Å². The van der Waals surface area contributed by atoms with Crippen LogP contribution in [0.1, 0.15) is 51.3 Å². The summed E-state index contributed by atoms with van der Waals surface area (Å²) in [5.41, 5.74) is 7.85. The maximum atomic E-state index is 12.8. The molecule has 0 radical (unpaired) electrons. The number of rotatable bonds is 2. The second kappa shape index (κ2) is 5.93. The van der Waals surface area contributed by atoms with E-state index in [2.05, 4.69) is 13.0 Å². The summed E-state index contributed by atoms with van der Waals surface area (Å²) in [6.07, 6.45) is 2.04. The van der Waals surface area contributed by atoms with Crippen LogP contribution in [-0.4, -0.2) is 18.4 Å². The van der Waals surface area contributed by atoms with Crippen molar-refractivity contribution in [1.29, 1.82) is 0 Å². The zero-order valence-electron chi connectivity index (χ0n) is 12.4. The quantitative estimate of drug-likeness (QED) is 0.923. The highest BCUT2D eigenvalue weighted by atomic mass is 32.1. The van der Waals surface area contributed by atoms with Crippen LogP contribution in [0.4, 0.5) is 5.69 Å². The molecule has 1 aliphatic heterocycles. The lowest BCUT2D eigenvalue weighted by molar-refractivity contribution is 0.0990. The Kier molecular flexibility index (Phi) is 3.98. The summed E-state index contributed by atoms with van der Waals surface area (Å²) in [6.45, 7) is 2.90. The van der Waals surface area contributed by atoms with Gasteiger partial charge in [0.1, 0.15) is 0 Å². The summed E-state index contributed by atoms with van der Waals surface area (Å²) in [5, 5.41) is 1.64. The Morgan fingerprint density at radius 2 is 2.09 bits per heavy atom. The monoisotopic (exact) mass is 314 g/mol. The average Bonchev–Trinajstić information content (AvgIpc) is 2.95. The fourth-order valence-electron chi connectivity index (χ4n) is 2.90. The molecule has 1 aromatic carbocycles. The van der Waals surface area contributed by atoms with Crippen LogP contribution in [0.3, 0.4) is 0 Å². The summed E-state index contributed by atoms with van der Waals surface area (Å²) in [5.74, 6) is -0.113. The van der Waals surface area contributed by atoms with Crippen molar-refractivity contribution < 1.29 is 9.59 Å². The van der Waals surface area contributed by atoms with Crippen LogP contribution in [-0.2, 0) is 0 Å². The van der Waals surface area contributed by atoms with Crippen molar-refractivity contribution in [2.24, 2.45) is 5.73 Å². The zero-order valence-corrected chi connectivity index (χ0v) is 13.2. The predicted molar refractivity (Wildman–Crippen MR) is 88.6 cm³/mol. The van der Waals surface area contributed by atoms with Gasteiger partial charge in [-0.05, 0) is 36.5 Å². The Morgan fingerprint density at radius 1 is 1.32 bits per heavy atom. The topological polar surface area (TPSA) is 63.4 Å². The molecule has 0 unspecified atom stereocenters. The third-order valence-corrected chi connectivity index (χ3v) is 5.04. The van der Waals surface area contributed by atoms with E-state index in [0.717, 1.165) is 18.5 Å². The van der Waals surface area contributed by atoms with E-state index in [-0.39, 0.29) is 5.91 Å². The molecule has 114 valence electrons. The first-order valence-corrected chi connectivity index (χ1v) is 8.25. The number of carbonyl (C=O) groups excluding carboxylic acids is 2. The zero-order chi connectivity index (χ0) is 15.7. The number of primary amides is 1. The van der Waals surface area contributed by atoms with E-state index in [0.29, 0.717) is 22.9 Å². The van der Waals surface area contributed by atoms with Crippen molar-refractivity contribution in [2.75, 3.05) is 11.4 Å². The highest BCUT2D eigenvalue weighted by Gasteiger charge is 2.26. The van der Waals surface area contributed by atoms with E-state index in [1.54, 1.807) is 11.4 Å². The van der Waals surface area contributed by atoms with Crippen LogP contribution in [0, 0.1) is 0 Å². The van der Waals surface area contributed by atoms with Gasteiger partial charge in [-0.15, -0.1) is 11.3 Å². The molecule has 2 N–H and O–H groups in total. The van der Waals surface area contributed by atoms with Crippen molar-refractivity contribution in [3.05, 3.63) is 51.7 Å². The summed E-state index contributed by atoms with van der Waals surface area (Å²) in [6, 6.07) is 9.65. The second-order valence-corrected chi connectivity index (χ2v) is 6.53. The number of para-hydroxylation sites is 1. The van der Waals surface area contributed by atoms with Crippen molar-refractivity contribution in [3.8, 4) is 0 Å². The van der Waals surface area contributed by atoms with Gasteiger partial charge in [-0.25, -0.2) is 0 Å². The molecule has 1 aliphatic rings. The molecule has 0 bridgehead atoms. The van der Waals surface area contributed by atoms with Gasteiger partial charge in [0.25, 0.3) is 5.91 Å². The van der Waals surface area contributed by atoms with E-state index < -0.39 is 5.91 Å². The number of nitrogens with two attached hydrogens (primary N) is 1. The molecule has 1 aromatic heterocycles. The fourth-order valence-corrected chi connectivity index (χ4v) is 3.75. The minimum Gasteiger partial charge on any atom is -0.366 e. The van der Waals surface area contributed by atoms with Gasteiger partial charge in [0.15, 0.2) is 0 Å². The number of carbonyl (C=O) groups is 2. The Bertz CT molecular complexity index is 723. The molecule has 2 heterocycles. The SMILES string of the molecule is C[C@H]1CCCN(C(=O)c2cc(C(N)=O)cs2)c2ccccc21. The molecule has 1 atom stereocenters. The molecule has 0 fully saturated rings. The lowest BCUT2D eigenvalue weighted by Crippen LogP contribution is -2.31.